The molecule has 6 heteroatoms. The Bertz CT molecular complexity index is 388. The van der Waals surface area contributed by atoms with E-state index in [-0.39, 0.29) is 24.2 Å². The average Bonchev–Trinajstić information content (AvgIpc) is 2.41. The number of carbonyl (C=O) groups excluding carboxylic acids is 1. The van der Waals surface area contributed by atoms with Crippen LogP contribution in [0.2, 0.25) is 0 Å². The van der Waals surface area contributed by atoms with E-state index in [1.807, 2.05) is 7.05 Å². The lowest BCUT2D eigenvalue weighted by molar-refractivity contribution is -0.153. The summed E-state index contributed by atoms with van der Waals surface area (Å²) >= 11 is 0. The highest BCUT2D eigenvalue weighted by Crippen LogP contribution is 2.27. The number of likely N-dealkylation sites (N-methyl/N-ethyl adjacent to an activating group) is 1. The number of carbonyl (C=O) groups is 1. The van der Waals surface area contributed by atoms with E-state index in [0.717, 1.165) is 25.7 Å². The second-order valence-electron chi connectivity index (χ2n) is 6.97. The Morgan fingerprint density at radius 3 is 2.82 bits per heavy atom. The Morgan fingerprint density at radius 2 is 2.09 bits per heavy atom. The van der Waals surface area contributed by atoms with Gasteiger partial charge in [0.1, 0.15) is 0 Å². The maximum Gasteiger partial charge on any atom is 0.222 e. The molecule has 0 aromatic heterocycles. The molecule has 2 heterocycles. The van der Waals surface area contributed by atoms with Gasteiger partial charge in [-0.2, -0.15) is 0 Å². The highest BCUT2D eigenvalue weighted by Gasteiger charge is 2.36. The van der Waals surface area contributed by atoms with Crippen molar-refractivity contribution in [2.75, 3.05) is 26.8 Å². The second-order valence-corrected chi connectivity index (χ2v) is 6.97. The molecule has 4 atom stereocenters. The van der Waals surface area contributed by atoms with Crippen molar-refractivity contribution in [1.29, 1.82) is 0 Å². The van der Waals surface area contributed by atoms with Crippen molar-refractivity contribution in [3.63, 3.8) is 0 Å². The van der Waals surface area contributed by atoms with Gasteiger partial charge in [-0.25, -0.2) is 0 Å². The van der Waals surface area contributed by atoms with Crippen molar-refractivity contribution < 1.29 is 19.4 Å². The van der Waals surface area contributed by atoms with E-state index in [0.29, 0.717) is 32.2 Å². The summed E-state index contributed by atoms with van der Waals surface area (Å²) in [6.07, 6.45) is 5.33. The molecular formula is C16H28N2O4. The molecule has 0 unspecified atom stereocenters. The van der Waals surface area contributed by atoms with Crippen molar-refractivity contribution in [3.8, 4) is 0 Å². The molecule has 3 fully saturated rings. The van der Waals surface area contributed by atoms with Crippen LogP contribution in [0.3, 0.4) is 0 Å². The van der Waals surface area contributed by atoms with Gasteiger partial charge in [0.15, 0.2) is 0 Å². The summed E-state index contributed by atoms with van der Waals surface area (Å²) in [7, 11) is 2.03. The summed E-state index contributed by atoms with van der Waals surface area (Å²) < 4.78 is 11.7. The van der Waals surface area contributed by atoms with Crippen LogP contribution < -0.4 is 5.32 Å². The fourth-order valence-electron chi connectivity index (χ4n) is 3.64. The first-order valence-corrected chi connectivity index (χ1v) is 8.52. The van der Waals surface area contributed by atoms with E-state index in [1.54, 1.807) is 0 Å². The van der Waals surface area contributed by atoms with Gasteiger partial charge in [0.05, 0.1) is 37.9 Å². The molecule has 22 heavy (non-hydrogen) atoms. The van der Waals surface area contributed by atoms with Gasteiger partial charge < -0.3 is 19.9 Å². The Kier molecular flexibility index (Phi) is 5.33. The summed E-state index contributed by atoms with van der Waals surface area (Å²) in [5.41, 5.74) is 0. The molecule has 0 radical (unpaired) electrons. The number of nitrogens with zero attached hydrogens (tertiary/aromatic N) is 1. The second kappa shape index (κ2) is 7.25. The van der Waals surface area contributed by atoms with Gasteiger partial charge in [-0.15, -0.1) is 0 Å². The number of nitrogens with one attached hydrogen (secondary N) is 1. The maximum absolute atomic E-state index is 12.0. The van der Waals surface area contributed by atoms with Crippen molar-refractivity contribution in [3.05, 3.63) is 0 Å². The summed E-state index contributed by atoms with van der Waals surface area (Å²) in [5, 5.41) is 12.9. The number of aliphatic hydroxyl groups is 1. The first kappa shape index (κ1) is 16.2. The van der Waals surface area contributed by atoms with Crippen molar-refractivity contribution in [2.45, 2.75) is 68.9 Å². The normalized spacial score (nSPS) is 37.5. The van der Waals surface area contributed by atoms with Crippen molar-refractivity contribution in [1.82, 2.24) is 10.2 Å². The van der Waals surface area contributed by atoms with E-state index >= 15 is 0 Å². The standard InChI is InChI=1S/C16H28N2O4/c1-18-8-12(19)9-21-10-15-14(18)6-5-13(22-15)7-16(20)17-11-3-2-4-11/h11-15,19H,2-10H2,1H3,(H,17,20)/t12-,13+,14+,15-/m1/s1. The summed E-state index contributed by atoms with van der Waals surface area (Å²) in [6.45, 7) is 1.45. The van der Waals surface area contributed by atoms with Gasteiger partial charge in [-0.05, 0) is 39.2 Å². The number of β-amino-alcohol motifs (C(OH)–C–C–N with tert-alkyl or cyclic N) is 1. The Balaban J connectivity index is 1.49. The van der Waals surface area contributed by atoms with E-state index < -0.39 is 6.10 Å². The summed E-state index contributed by atoms with van der Waals surface area (Å²) in [4.78, 5) is 14.2. The minimum atomic E-state index is -0.433. The monoisotopic (exact) mass is 312 g/mol. The quantitative estimate of drug-likeness (QED) is 0.783. The van der Waals surface area contributed by atoms with E-state index in [2.05, 4.69) is 10.2 Å². The fourth-order valence-corrected chi connectivity index (χ4v) is 3.64. The molecule has 0 spiro atoms. The zero-order valence-electron chi connectivity index (χ0n) is 13.4. The largest absolute Gasteiger partial charge is 0.389 e. The van der Waals surface area contributed by atoms with Gasteiger partial charge in [0.25, 0.3) is 0 Å². The zero-order chi connectivity index (χ0) is 15.5. The third kappa shape index (κ3) is 3.98. The molecule has 0 aromatic carbocycles. The number of aliphatic hydroxyl groups excluding tert-OH is 1. The molecule has 3 rings (SSSR count). The molecule has 126 valence electrons. The molecule has 0 bridgehead atoms. The van der Waals surface area contributed by atoms with Crippen LogP contribution in [-0.4, -0.2) is 73.1 Å². The van der Waals surface area contributed by atoms with Crippen LogP contribution in [0, 0.1) is 0 Å². The number of hydrogen-bond acceptors (Lipinski definition) is 5. The number of fused-ring (bicyclic) bond motifs is 1. The number of ether oxygens (including phenoxy) is 2. The van der Waals surface area contributed by atoms with Crippen LogP contribution in [0.1, 0.15) is 38.5 Å². The summed E-state index contributed by atoms with van der Waals surface area (Å²) in [5.74, 6) is 0.115. The SMILES string of the molecule is CN1C[C@@H](O)COC[C@H]2O[C@H](CC(=O)NC3CCC3)CC[C@@H]21. The molecule has 2 N–H and O–H groups in total. The molecule has 3 aliphatic rings. The van der Waals surface area contributed by atoms with Crippen LogP contribution >= 0.6 is 0 Å². The average molecular weight is 312 g/mol. The van der Waals surface area contributed by atoms with Crippen molar-refractivity contribution >= 4 is 5.91 Å². The Morgan fingerprint density at radius 1 is 1.27 bits per heavy atom. The smallest absolute Gasteiger partial charge is 0.222 e. The molecule has 2 aliphatic heterocycles. The van der Waals surface area contributed by atoms with Gasteiger partial charge in [0, 0.05) is 18.6 Å². The molecular weight excluding hydrogens is 284 g/mol. The molecule has 1 amide bonds. The lowest BCUT2D eigenvalue weighted by Gasteiger charge is -2.43. The number of rotatable bonds is 3. The van der Waals surface area contributed by atoms with E-state index in [4.69, 9.17) is 9.47 Å². The fraction of sp³-hybridized carbons (Fsp3) is 0.938. The minimum absolute atomic E-state index is 0.00671. The molecule has 6 nitrogen and oxygen atoms in total. The Labute approximate surface area is 132 Å². The van der Waals surface area contributed by atoms with Crippen LogP contribution in [0.4, 0.5) is 0 Å². The van der Waals surface area contributed by atoms with Crippen LogP contribution in [-0.2, 0) is 14.3 Å². The first-order valence-electron chi connectivity index (χ1n) is 8.52. The van der Waals surface area contributed by atoms with Crippen molar-refractivity contribution in [2.24, 2.45) is 0 Å². The highest BCUT2D eigenvalue weighted by atomic mass is 16.5. The van der Waals surface area contributed by atoms with Gasteiger partial charge in [-0.3, -0.25) is 9.69 Å². The van der Waals surface area contributed by atoms with Gasteiger partial charge >= 0.3 is 0 Å². The van der Waals surface area contributed by atoms with E-state index in [1.165, 1.54) is 6.42 Å². The first-order chi connectivity index (χ1) is 10.6. The zero-order valence-corrected chi connectivity index (χ0v) is 13.4. The van der Waals surface area contributed by atoms with Crippen LogP contribution in [0.15, 0.2) is 0 Å². The predicted molar refractivity (Wildman–Crippen MR) is 81.5 cm³/mol. The molecule has 1 aliphatic carbocycles. The third-order valence-electron chi connectivity index (χ3n) is 5.12. The molecule has 0 aromatic rings. The highest BCUT2D eigenvalue weighted by molar-refractivity contribution is 5.76. The third-order valence-corrected chi connectivity index (χ3v) is 5.12. The lowest BCUT2D eigenvalue weighted by Crippen LogP contribution is -2.54. The van der Waals surface area contributed by atoms with Gasteiger partial charge in [0.2, 0.25) is 5.91 Å². The summed E-state index contributed by atoms with van der Waals surface area (Å²) in [6, 6.07) is 0.655. The van der Waals surface area contributed by atoms with Crippen LogP contribution in [0.25, 0.3) is 0 Å². The number of amides is 1. The predicted octanol–water partition coefficient (Wildman–Crippen LogP) is 0.284. The van der Waals surface area contributed by atoms with Crippen LogP contribution in [0.5, 0.6) is 0 Å². The molecule has 1 saturated carbocycles. The molecule has 2 saturated heterocycles. The minimum Gasteiger partial charge on any atom is -0.389 e. The topological polar surface area (TPSA) is 71.0 Å². The van der Waals surface area contributed by atoms with E-state index in [9.17, 15) is 9.90 Å². The number of hydrogen-bond donors (Lipinski definition) is 2. The maximum atomic E-state index is 12.0. The van der Waals surface area contributed by atoms with Gasteiger partial charge in [-0.1, -0.05) is 0 Å². The lowest BCUT2D eigenvalue weighted by atomic mass is 9.92. The Hall–Kier alpha value is -0.690.